The van der Waals surface area contributed by atoms with Crippen molar-refractivity contribution in [2.75, 3.05) is 0 Å². The summed E-state index contributed by atoms with van der Waals surface area (Å²) in [5, 5.41) is 0.351. The van der Waals surface area contributed by atoms with Gasteiger partial charge in [0, 0.05) is 10.1 Å². The SMILES string of the molecule is O=C(O[C@H]1CCCC[C@@H]1Sc1ccccc1)c1ccccc1. The zero-order valence-corrected chi connectivity index (χ0v) is 13.3. The highest BCUT2D eigenvalue weighted by atomic mass is 32.2. The van der Waals surface area contributed by atoms with Gasteiger partial charge in [0.2, 0.25) is 0 Å². The molecule has 0 unspecified atom stereocenters. The lowest BCUT2D eigenvalue weighted by Crippen LogP contribution is -2.32. The van der Waals surface area contributed by atoms with E-state index >= 15 is 0 Å². The lowest BCUT2D eigenvalue weighted by molar-refractivity contribution is 0.0229. The number of hydrogen-bond donors (Lipinski definition) is 0. The summed E-state index contributed by atoms with van der Waals surface area (Å²) in [6, 6.07) is 19.6. The van der Waals surface area contributed by atoms with Gasteiger partial charge in [-0.2, -0.15) is 0 Å². The molecule has 1 fully saturated rings. The predicted molar refractivity (Wildman–Crippen MR) is 90.2 cm³/mol. The first kappa shape index (κ1) is 15.2. The van der Waals surface area contributed by atoms with Crippen LogP contribution in [-0.2, 0) is 4.74 Å². The highest BCUT2D eigenvalue weighted by molar-refractivity contribution is 8.00. The highest BCUT2D eigenvalue weighted by Crippen LogP contribution is 2.35. The Morgan fingerprint density at radius 1 is 0.909 bits per heavy atom. The highest BCUT2D eigenvalue weighted by Gasteiger charge is 2.29. The quantitative estimate of drug-likeness (QED) is 0.747. The monoisotopic (exact) mass is 312 g/mol. The van der Waals surface area contributed by atoms with E-state index in [1.807, 2.05) is 48.2 Å². The van der Waals surface area contributed by atoms with Crippen molar-refractivity contribution in [1.82, 2.24) is 0 Å². The molecule has 0 heterocycles. The van der Waals surface area contributed by atoms with Crippen molar-refractivity contribution in [3.8, 4) is 0 Å². The third kappa shape index (κ3) is 3.92. The molecule has 0 spiro atoms. The summed E-state index contributed by atoms with van der Waals surface area (Å²) in [7, 11) is 0. The summed E-state index contributed by atoms with van der Waals surface area (Å²) < 4.78 is 5.80. The third-order valence-corrected chi connectivity index (χ3v) is 5.33. The summed E-state index contributed by atoms with van der Waals surface area (Å²) in [6.07, 6.45) is 4.42. The molecule has 0 aromatic heterocycles. The molecule has 1 aliphatic rings. The number of carbonyl (C=O) groups excluding carboxylic acids is 1. The summed E-state index contributed by atoms with van der Waals surface area (Å²) in [5.41, 5.74) is 0.636. The van der Waals surface area contributed by atoms with Gasteiger partial charge in [-0.3, -0.25) is 0 Å². The smallest absolute Gasteiger partial charge is 0.338 e. The molecule has 22 heavy (non-hydrogen) atoms. The van der Waals surface area contributed by atoms with Crippen LogP contribution in [0, 0.1) is 0 Å². The second-order valence-electron chi connectivity index (χ2n) is 5.56. The molecular formula is C19H20O2S. The number of rotatable bonds is 4. The average molecular weight is 312 g/mol. The van der Waals surface area contributed by atoms with Crippen LogP contribution < -0.4 is 0 Å². The Labute approximate surface area is 135 Å². The van der Waals surface area contributed by atoms with E-state index < -0.39 is 0 Å². The van der Waals surface area contributed by atoms with E-state index in [9.17, 15) is 4.79 Å². The van der Waals surface area contributed by atoms with Gasteiger partial charge in [-0.15, -0.1) is 11.8 Å². The van der Waals surface area contributed by atoms with Gasteiger partial charge in [0.05, 0.1) is 5.56 Å². The number of benzene rings is 2. The zero-order chi connectivity index (χ0) is 15.2. The van der Waals surface area contributed by atoms with Gasteiger partial charge in [0.25, 0.3) is 0 Å². The molecule has 1 aliphatic carbocycles. The molecule has 114 valence electrons. The lowest BCUT2D eigenvalue weighted by Gasteiger charge is -2.30. The predicted octanol–water partition coefficient (Wildman–Crippen LogP) is 4.95. The van der Waals surface area contributed by atoms with Gasteiger partial charge in [-0.1, -0.05) is 42.8 Å². The first-order valence-electron chi connectivity index (χ1n) is 7.80. The van der Waals surface area contributed by atoms with E-state index in [2.05, 4.69) is 24.3 Å². The fourth-order valence-corrected chi connectivity index (χ4v) is 4.08. The van der Waals surface area contributed by atoms with E-state index in [1.54, 1.807) is 0 Å². The van der Waals surface area contributed by atoms with Crippen LogP contribution >= 0.6 is 11.8 Å². The Morgan fingerprint density at radius 3 is 2.27 bits per heavy atom. The van der Waals surface area contributed by atoms with E-state index in [0.717, 1.165) is 19.3 Å². The van der Waals surface area contributed by atoms with Crippen LogP contribution in [0.4, 0.5) is 0 Å². The summed E-state index contributed by atoms with van der Waals surface area (Å²) >= 11 is 1.83. The van der Waals surface area contributed by atoms with Crippen molar-refractivity contribution in [2.45, 2.75) is 41.9 Å². The second-order valence-corrected chi connectivity index (χ2v) is 6.88. The minimum Gasteiger partial charge on any atom is -0.458 e. The Bertz CT molecular complexity index is 597. The number of ether oxygens (including phenoxy) is 1. The molecule has 0 bridgehead atoms. The maximum atomic E-state index is 12.3. The second kappa shape index (κ2) is 7.50. The maximum Gasteiger partial charge on any atom is 0.338 e. The Morgan fingerprint density at radius 2 is 1.55 bits per heavy atom. The van der Waals surface area contributed by atoms with Crippen LogP contribution in [0.15, 0.2) is 65.6 Å². The van der Waals surface area contributed by atoms with Crippen LogP contribution in [0.25, 0.3) is 0 Å². The van der Waals surface area contributed by atoms with E-state index in [1.165, 1.54) is 11.3 Å². The first-order valence-corrected chi connectivity index (χ1v) is 8.68. The maximum absolute atomic E-state index is 12.3. The molecule has 0 saturated heterocycles. The molecule has 0 amide bonds. The topological polar surface area (TPSA) is 26.3 Å². The van der Waals surface area contributed by atoms with E-state index in [0.29, 0.717) is 10.8 Å². The first-order chi connectivity index (χ1) is 10.8. The molecule has 2 atom stereocenters. The third-order valence-electron chi connectivity index (χ3n) is 3.94. The number of thioether (sulfide) groups is 1. The molecule has 0 aliphatic heterocycles. The number of carbonyl (C=O) groups is 1. The van der Waals surface area contributed by atoms with Crippen molar-refractivity contribution < 1.29 is 9.53 Å². The summed E-state index contributed by atoms with van der Waals surface area (Å²) in [4.78, 5) is 13.5. The molecule has 0 N–H and O–H groups in total. The minimum absolute atomic E-state index is 0.00617. The van der Waals surface area contributed by atoms with Crippen molar-refractivity contribution in [1.29, 1.82) is 0 Å². The van der Waals surface area contributed by atoms with Gasteiger partial charge in [0.1, 0.15) is 6.10 Å². The van der Waals surface area contributed by atoms with Gasteiger partial charge in [-0.05, 0) is 43.5 Å². The van der Waals surface area contributed by atoms with Crippen molar-refractivity contribution >= 4 is 17.7 Å². The molecule has 3 rings (SSSR count). The summed E-state index contributed by atoms with van der Waals surface area (Å²) in [6.45, 7) is 0. The Balaban J connectivity index is 1.66. The van der Waals surface area contributed by atoms with E-state index in [-0.39, 0.29) is 12.1 Å². The van der Waals surface area contributed by atoms with Crippen LogP contribution in [0.3, 0.4) is 0 Å². The molecule has 2 aromatic rings. The molecule has 2 nitrogen and oxygen atoms in total. The van der Waals surface area contributed by atoms with Gasteiger partial charge < -0.3 is 4.74 Å². The van der Waals surface area contributed by atoms with Crippen LogP contribution in [0.2, 0.25) is 0 Å². The Kier molecular flexibility index (Phi) is 5.17. The van der Waals surface area contributed by atoms with Gasteiger partial charge in [0.15, 0.2) is 0 Å². The van der Waals surface area contributed by atoms with Gasteiger partial charge in [-0.25, -0.2) is 4.79 Å². The average Bonchev–Trinajstić information content (AvgIpc) is 2.58. The molecule has 2 aromatic carbocycles. The van der Waals surface area contributed by atoms with Crippen molar-refractivity contribution in [3.63, 3.8) is 0 Å². The standard InChI is InChI=1S/C19H20O2S/c20-19(15-9-3-1-4-10-15)21-17-13-7-8-14-18(17)22-16-11-5-2-6-12-16/h1-6,9-12,17-18H,7-8,13-14H2/t17-,18-/m0/s1. The fraction of sp³-hybridized carbons (Fsp3) is 0.316. The zero-order valence-electron chi connectivity index (χ0n) is 12.5. The van der Waals surface area contributed by atoms with Gasteiger partial charge >= 0.3 is 5.97 Å². The fourth-order valence-electron chi connectivity index (χ4n) is 2.79. The normalized spacial score (nSPS) is 21.3. The van der Waals surface area contributed by atoms with Crippen molar-refractivity contribution in [3.05, 3.63) is 66.2 Å². The molecule has 0 radical (unpaired) electrons. The molecule has 3 heteroatoms. The molecule has 1 saturated carbocycles. The summed E-state index contributed by atoms with van der Waals surface area (Å²) in [5.74, 6) is -0.203. The van der Waals surface area contributed by atoms with Crippen LogP contribution in [0.1, 0.15) is 36.0 Å². The minimum atomic E-state index is -0.203. The number of hydrogen-bond acceptors (Lipinski definition) is 3. The lowest BCUT2D eigenvalue weighted by atomic mass is 9.97. The number of esters is 1. The van der Waals surface area contributed by atoms with Crippen LogP contribution in [-0.4, -0.2) is 17.3 Å². The van der Waals surface area contributed by atoms with Crippen molar-refractivity contribution in [2.24, 2.45) is 0 Å². The molecular weight excluding hydrogens is 292 g/mol. The van der Waals surface area contributed by atoms with Crippen LogP contribution in [0.5, 0.6) is 0 Å². The Hall–Kier alpha value is -1.74. The largest absolute Gasteiger partial charge is 0.458 e. The van der Waals surface area contributed by atoms with E-state index in [4.69, 9.17) is 4.74 Å².